The summed E-state index contributed by atoms with van der Waals surface area (Å²) in [6.45, 7) is 1.74. The highest BCUT2D eigenvalue weighted by atomic mass is 32.1. The summed E-state index contributed by atoms with van der Waals surface area (Å²) in [7, 11) is 4.01. The van der Waals surface area contributed by atoms with Crippen molar-refractivity contribution in [3.8, 4) is 0 Å². The van der Waals surface area contributed by atoms with Crippen LogP contribution in [0.3, 0.4) is 0 Å². The van der Waals surface area contributed by atoms with Crippen molar-refractivity contribution in [2.45, 2.75) is 12.8 Å². The number of benzene rings is 2. The monoisotopic (exact) mass is 380 g/mol. The quantitative estimate of drug-likeness (QED) is 0.736. The molecule has 1 saturated heterocycles. The van der Waals surface area contributed by atoms with Gasteiger partial charge in [0.1, 0.15) is 0 Å². The Morgan fingerprint density at radius 3 is 2.48 bits per heavy atom. The van der Waals surface area contributed by atoms with Crippen LogP contribution in [0, 0.1) is 5.92 Å². The van der Waals surface area contributed by atoms with Crippen LogP contribution < -0.4 is 15.1 Å². The Bertz CT molecular complexity index is 894. The zero-order valence-corrected chi connectivity index (χ0v) is 16.5. The predicted octanol–water partition coefficient (Wildman–Crippen LogP) is 4.22. The van der Waals surface area contributed by atoms with Crippen LogP contribution in [0.1, 0.15) is 12.8 Å². The lowest BCUT2D eigenvalue weighted by Crippen LogP contribution is -2.38. The normalized spacial score (nSPS) is 15.1. The molecule has 2 heterocycles. The standard InChI is InChI=1S/C21H24N4OS/c1-24(2)17-9-7-16(8-10-17)22-20(26)15-11-13-25(14-12-15)21-23-18-5-3-4-6-19(18)27-21/h3-10,15H,11-14H2,1-2H3,(H,22,26). The molecule has 0 saturated carbocycles. The number of anilines is 3. The number of nitrogens with one attached hydrogen (secondary N) is 1. The molecule has 6 heteroatoms. The third-order valence-corrected chi connectivity index (χ3v) is 6.17. The summed E-state index contributed by atoms with van der Waals surface area (Å²) >= 11 is 1.73. The zero-order valence-electron chi connectivity index (χ0n) is 15.7. The maximum Gasteiger partial charge on any atom is 0.227 e. The number of carbonyl (C=O) groups is 1. The molecule has 0 atom stereocenters. The molecule has 1 aromatic heterocycles. The molecule has 1 fully saturated rings. The van der Waals surface area contributed by atoms with Crippen molar-refractivity contribution in [2.24, 2.45) is 5.92 Å². The summed E-state index contributed by atoms with van der Waals surface area (Å²) in [6, 6.07) is 16.2. The predicted molar refractivity (Wildman–Crippen MR) is 114 cm³/mol. The number of hydrogen-bond donors (Lipinski definition) is 1. The fourth-order valence-corrected chi connectivity index (χ4v) is 4.43. The number of hydrogen-bond acceptors (Lipinski definition) is 5. The van der Waals surface area contributed by atoms with E-state index in [1.807, 2.05) is 55.4 Å². The Balaban J connectivity index is 1.34. The summed E-state index contributed by atoms with van der Waals surface area (Å²) in [6.07, 6.45) is 1.72. The minimum Gasteiger partial charge on any atom is -0.378 e. The number of nitrogens with zero attached hydrogens (tertiary/aromatic N) is 3. The lowest BCUT2D eigenvalue weighted by molar-refractivity contribution is -0.120. The van der Waals surface area contributed by atoms with Crippen LogP contribution in [-0.2, 0) is 4.79 Å². The van der Waals surface area contributed by atoms with E-state index in [0.29, 0.717) is 0 Å². The number of amides is 1. The Kier molecular flexibility index (Phi) is 4.99. The van der Waals surface area contributed by atoms with Gasteiger partial charge in [0.25, 0.3) is 0 Å². The summed E-state index contributed by atoms with van der Waals surface area (Å²) in [5, 5.41) is 4.13. The lowest BCUT2D eigenvalue weighted by Gasteiger charge is -2.31. The first-order valence-electron chi connectivity index (χ1n) is 9.29. The molecule has 0 unspecified atom stereocenters. The van der Waals surface area contributed by atoms with E-state index in [1.165, 1.54) is 4.70 Å². The van der Waals surface area contributed by atoms with Crippen LogP contribution in [0.5, 0.6) is 0 Å². The van der Waals surface area contributed by atoms with Gasteiger partial charge < -0.3 is 15.1 Å². The average molecular weight is 381 g/mol. The van der Waals surface area contributed by atoms with E-state index in [-0.39, 0.29) is 11.8 Å². The molecule has 0 radical (unpaired) electrons. The Hall–Kier alpha value is -2.60. The molecule has 27 heavy (non-hydrogen) atoms. The molecule has 0 spiro atoms. The van der Waals surface area contributed by atoms with E-state index in [2.05, 4.69) is 22.3 Å². The van der Waals surface area contributed by atoms with E-state index >= 15 is 0 Å². The first-order valence-corrected chi connectivity index (χ1v) is 10.1. The van der Waals surface area contributed by atoms with E-state index in [0.717, 1.165) is 48.0 Å². The Morgan fingerprint density at radius 1 is 1.11 bits per heavy atom. The third-order valence-electron chi connectivity index (χ3n) is 5.07. The fraction of sp³-hybridized carbons (Fsp3) is 0.333. The topological polar surface area (TPSA) is 48.5 Å². The molecule has 0 aliphatic carbocycles. The van der Waals surface area contributed by atoms with Gasteiger partial charge in [0, 0.05) is 44.5 Å². The third kappa shape index (κ3) is 3.90. The van der Waals surface area contributed by atoms with Crippen molar-refractivity contribution in [1.82, 2.24) is 4.98 Å². The van der Waals surface area contributed by atoms with Gasteiger partial charge in [-0.05, 0) is 49.2 Å². The van der Waals surface area contributed by atoms with Crippen LogP contribution in [0.15, 0.2) is 48.5 Å². The maximum absolute atomic E-state index is 12.6. The van der Waals surface area contributed by atoms with Gasteiger partial charge in [-0.3, -0.25) is 4.79 Å². The zero-order chi connectivity index (χ0) is 18.8. The first kappa shape index (κ1) is 17.8. The van der Waals surface area contributed by atoms with E-state index in [1.54, 1.807) is 11.3 Å². The number of fused-ring (bicyclic) bond motifs is 1. The lowest BCUT2D eigenvalue weighted by atomic mass is 9.96. The Labute approximate surface area is 163 Å². The number of rotatable bonds is 4. The molecule has 1 aliphatic rings. The molecule has 1 amide bonds. The van der Waals surface area contributed by atoms with Crippen molar-refractivity contribution < 1.29 is 4.79 Å². The number of aromatic nitrogens is 1. The van der Waals surface area contributed by atoms with Crippen molar-refractivity contribution in [1.29, 1.82) is 0 Å². The SMILES string of the molecule is CN(C)c1ccc(NC(=O)C2CCN(c3nc4ccccc4s3)CC2)cc1. The largest absolute Gasteiger partial charge is 0.378 e. The molecule has 0 bridgehead atoms. The fourth-order valence-electron chi connectivity index (χ4n) is 3.42. The van der Waals surface area contributed by atoms with Gasteiger partial charge >= 0.3 is 0 Å². The highest BCUT2D eigenvalue weighted by Crippen LogP contribution is 2.31. The van der Waals surface area contributed by atoms with Gasteiger partial charge in [0.2, 0.25) is 5.91 Å². The van der Waals surface area contributed by atoms with E-state index < -0.39 is 0 Å². The minimum atomic E-state index is 0.0594. The average Bonchev–Trinajstić information content (AvgIpc) is 3.13. The van der Waals surface area contributed by atoms with Crippen LogP contribution in [0.2, 0.25) is 0 Å². The van der Waals surface area contributed by atoms with Crippen molar-refractivity contribution in [3.05, 3.63) is 48.5 Å². The van der Waals surface area contributed by atoms with Gasteiger partial charge in [0.05, 0.1) is 10.2 Å². The summed E-state index contributed by atoms with van der Waals surface area (Å²) in [5.41, 5.74) is 3.04. The molecular formula is C21H24N4OS. The smallest absolute Gasteiger partial charge is 0.227 e. The van der Waals surface area contributed by atoms with Crippen molar-refractivity contribution in [2.75, 3.05) is 42.3 Å². The molecule has 2 aromatic carbocycles. The van der Waals surface area contributed by atoms with Crippen LogP contribution in [0.25, 0.3) is 10.2 Å². The summed E-state index contributed by atoms with van der Waals surface area (Å²) in [5.74, 6) is 0.181. The highest BCUT2D eigenvalue weighted by molar-refractivity contribution is 7.22. The summed E-state index contributed by atoms with van der Waals surface area (Å²) in [4.78, 5) is 21.7. The van der Waals surface area contributed by atoms with Gasteiger partial charge in [-0.2, -0.15) is 0 Å². The summed E-state index contributed by atoms with van der Waals surface area (Å²) < 4.78 is 1.22. The number of piperidine rings is 1. The number of para-hydroxylation sites is 1. The van der Waals surface area contributed by atoms with Gasteiger partial charge in [-0.25, -0.2) is 4.98 Å². The molecule has 1 N–H and O–H groups in total. The second kappa shape index (κ2) is 7.56. The second-order valence-corrected chi connectivity index (χ2v) is 8.17. The van der Waals surface area contributed by atoms with Crippen molar-refractivity contribution in [3.63, 3.8) is 0 Å². The Morgan fingerprint density at radius 2 is 1.81 bits per heavy atom. The molecule has 5 nitrogen and oxygen atoms in total. The molecule has 1 aliphatic heterocycles. The van der Waals surface area contributed by atoms with Crippen LogP contribution in [-0.4, -0.2) is 38.1 Å². The molecule has 3 aromatic rings. The number of thiazole rings is 1. The second-order valence-electron chi connectivity index (χ2n) is 7.16. The van der Waals surface area contributed by atoms with E-state index in [9.17, 15) is 4.79 Å². The highest BCUT2D eigenvalue weighted by Gasteiger charge is 2.26. The number of carbonyl (C=O) groups excluding carboxylic acids is 1. The van der Waals surface area contributed by atoms with Gasteiger partial charge in [0.15, 0.2) is 5.13 Å². The van der Waals surface area contributed by atoms with Gasteiger partial charge in [-0.15, -0.1) is 0 Å². The molecular weight excluding hydrogens is 356 g/mol. The first-order chi connectivity index (χ1) is 13.1. The van der Waals surface area contributed by atoms with Crippen LogP contribution >= 0.6 is 11.3 Å². The van der Waals surface area contributed by atoms with E-state index in [4.69, 9.17) is 4.98 Å². The van der Waals surface area contributed by atoms with Gasteiger partial charge in [-0.1, -0.05) is 23.5 Å². The minimum absolute atomic E-state index is 0.0594. The van der Waals surface area contributed by atoms with Crippen LogP contribution in [0.4, 0.5) is 16.5 Å². The maximum atomic E-state index is 12.6. The molecule has 4 rings (SSSR count). The van der Waals surface area contributed by atoms with Crippen molar-refractivity contribution >= 4 is 44.0 Å². The molecule has 140 valence electrons.